The first-order chi connectivity index (χ1) is 9.32. The second-order valence-corrected chi connectivity index (χ2v) is 4.52. The monoisotopic (exact) mass is 312 g/mol. The third-order valence-electron chi connectivity index (χ3n) is 2.78. The van der Waals surface area contributed by atoms with Gasteiger partial charge in [0.25, 0.3) is 0 Å². The highest BCUT2D eigenvalue weighted by Gasteiger charge is 2.29. The minimum absolute atomic E-state index is 0.203. The van der Waals surface area contributed by atoms with E-state index in [2.05, 4.69) is 5.43 Å². The average molecular weight is 313 g/mol. The maximum absolute atomic E-state index is 12.3. The van der Waals surface area contributed by atoms with Crippen LogP contribution < -0.4 is 20.7 Å². The SMILES string of the molecule is COc1cc(C(CCC(F)(F)F)NN)cc(Cl)c1OC. The Labute approximate surface area is 120 Å². The van der Waals surface area contributed by atoms with Gasteiger partial charge in [0.05, 0.1) is 19.2 Å². The Morgan fingerprint density at radius 3 is 2.40 bits per heavy atom. The van der Waals surface area contributed by atoms with Crippen LogP contribution in [0.3, 0.4) is 0 Å². The molecule has 4 nitrogen and oxygen atoms in total. The zero-order valence-electron chi connectivity index (χ0n) is 11.1. The maximum Gasteiger partial charge on any atom is 0.389 e. The van der Waals surface area contributed by atoms with Gasteiger partial charge >= 0.3 is 6.18 Å². The lowest BCUT2D eigenvalue weighted by molar-refractivity contribution is -0.136. The molecule has 0 bridgehead atoms. The zero-order chi connectivity index (χ0) is 15.3. The molecular weight excluding hydrogens is 297 g/mol. The van der Waals surface area contributed by atoms with E-state index >= 15 is 0 Å². The summed E-state index contributed by atoms with van der Waals surface area (Å²) in [7, 11) is 2.84. The van der Waals surface area contributed by atoms with Gasteiger partial charge in [-0.05, 0) is 24.1 Å². The Morgan fingerprint density at radius 1 is 1.30 bits per heavy atom. The molecule has 1 aromatic carbocycles. The molecule has 0 aliphatic rings. The summed E-state index contributed by atoms with van der Waals surface area (Å²) in [6.45, 7) is 0. The molecule has 1 atom stereocenters. The van der Waals surface area contributed by atoms with E-state index in [1.54, 1.807) is 6.07 Å². The lowest BCUT2D eigenvalue weighted by atomic mass is 10.0. The first kappa shape index (κ1) is 16.9. The molecule has 1 aromatic rings. The number of nitrogens with one attached hydrogen (secondary N) is 1. The molecule has 1 unspecified atom stereocenters. The number of hydrogen-bond acceptors (Lipinski definition) is 4. The third kappa shape index (κ3) is 4.43. The van der Waals surface area contributed by atoms with E-state index < -0.39 is 18.6 Å². The molecular formula is C12H16ClF3N2O2. The van der Waals surface area contributed by atoms with Gasteiger partial charge in [-0.15, -0.1) is 0 Å². The Morgan fingerprint density at radius 2 is 1.95 bits per heavy atom. The average Bonchev–Trinajstić information content (AvgIpc) is 2.37. The molecule has 0 aliphatic carbocycles. The Balaban J connectivity index is 3.01. The van der Waals surface area contributed by atoms with Crippen LogP contribution in [0.2, 0.25) is 5.02 Å². The van der Waals surface area contributed by atoms with Gasteiger partial charge in [0.1, 0.15) is 0 Å². The molecule has 0 aromatic heterocycles. The molecule has 8 heteroatoms. The van der Waals surface area contributed by atoms with Gasteiger partial charge in [-0.3, -0.25) is 11.3 Å². The normalized spacial score (nSPS) is 13.2. The van der Waals surface area contributed by atoms with E-state index in [-0.39, 0.29) is 11.4 Å². The fraction of sp³-hybridized carbons (Fsp3) is 0.500. The predicted molar refractivity (Wildman–Crippen MR) is 69.9 cm³/mol. The summed E-state index contributed by atoms with van der Waals surface area (Å²) < 4.78 is 47.0. The molecule has 0 spiro atoms. The standard InChI is InChI=1S/C12H16ClF3N2O2/c1-19-10-6-7(5-8(13)11(10)20-2)9(18-17)3-4-12(14,15)16/h5-6,9,18H,3-4,17H2,1-2H3. The minimum atomic E-state index is -4.24. The molecule has 1 rings (SSSR count). The van der Waals surface area contributed by atoms with Crippen LogP contribution in [0.5, 0.6) is 11.5 Å². The molecule has 0 saturated carbocycles. The number of hydrazine groups is 1. The summed E-state index contributed by atoms with van der Waals surface area (Å²) in [5, 5.41) is 0.245. The van der Waals surface area contributed by atoms with Crippen molar-refractivity contribution in [2.75, 3.05) is 14.2 Å². The van der Waals surface area contributed by atoms with Crippen LogP contribution in [0.4, 0.5) is 13.2 Å². The van der Waals surface area contributed by atoms with Gasteiger partial charge in [-0.2, -0.15) is 13.2 Å². The second kappa shape index (κ2) is 7.01. The molecule has 0 saturated heterocycles. The van der Waals surface area contributed by atoms with Gasteiger partial charge in [0, 0.05) is 12.5 Å². The summed E-state index contributed by atoms with van der Waals surface area (Å²) in [6, 6.07) is 2.36. The van der Waals surface area contributed by atoms with E-state index in [4.69, 9.17) is 26.9 Å². The Bertz CT molecular complexity index is 455. The smallest absolute Gasteiger partial charge is 0.389 e. The van der Waals surface area contributed by atoms with Gasteiger partial charge < -0.3 is 9.47 Å². The number of rotatable bonds is 6. The van der Waals surface area contributed by atoms with Gasteiger partial charge in [-0.1, -0.05) is 11.6 Å². The summed E-state index contributed by atoms with van der Waals surface area (Å²) in [6.07, 6.45) is -5.39. The number of nitrogens with two attached hydrogens (primary N) is 1. The van der Waals surface area contributed by atoms with E-state index in [0.717, 1.165) is 0 Å². The lowest BCUT2D eigenvalue weighted by Gasteiger charge is -2.19. The number of halogens is 4. The van der Waals surface area contributed by atoms with E-state index in [9.17, 15) is 13.2 Å². The van der Waals surface area contributed by atoms with Crippen molar-refractivity contribution in [3.8, 4) is 11.5 Å². The molecule has 3 N–H and O–H groups in total. The molecule has 0 heterocycles. The van der Waals surface area contributed by atoms with Crippen molar-refractivity contribution in [1.82, 2.24) is 5.43 Å². The van der Waals surface area contributed by atoms with Gasteiger partial charge in [0.2, 0.25) is 0 Å². The second-order valence-electron chi connectivity index (χ2n) is 4.11. The van der Waals surface area contributed by atoms with Crippen LogP contribution in [0.25, 0.3) is 0 Å². The van der Waals surface area contributed by atoms with Crippen molar-refractivity contribution in [3.05, 3.63) is 22.7 Å². The summed E-state index contributed by atoms with van der Waals surface area (Å²) in [4.78, 5) is 0. The molecule has 0 amide bonds. The largest absolute Gasteiger partial charge is 0.493 e. The van der Waals surface area contributed by atoms with Crippen molar-refractivity contribution in [3.63, 3.8) is 0 Å². The highest BCUT2D eigenvalue weighted by Crippen LogP contribution is 2.38. The van der Waals surface area contributed by atoms with Crippen molar-refractivity contribution in [2.45, 2.75) is 25.1 Å². The Hall–Kier alpha value is -1.18. The zero-order valence-corrected chi connectivity index (χ0v) is 11.8. The third-order valence-corrected chi connectivity index (χ3v) is 3.06. The van der Waals surface area contributed by atoms with E-state index in [1.165, 1.54) is 20.3 Å². The summed E-state index contributed by atoms with van der Waals surface area (Å²) >= 11 is 6.01. The van der Waals surface area contributed by atoms with Crippen molar-refractivity contribution in [2.24, 2.45) is 5.84 Å². The van der Waals surface area contributed by atoms with Crippen molar-refractivity contribution < 1.29 is 22.6 Å². The van der Waals surface area contributed by atoms with Crippen LogP contribution in [0.15, 0.2) is 12.1 Å². The summed E-state index contributed by atoms with van der Waals surface area (Å²) in [5.41, 5.74) is 2.85. The highest BCUT2D eigenvalue weighted by molar-refractivity contribution is 6.32. The number of ether oxygens (including phenoxy) is 2. The highest BCUT2D eigenvalue weighted by atomic mass is 35.5. The molecule has 20 heavy (non-hydrogen) atoms. The molecule has 0 fully saturated rings. The van der Waals surface area contributed by atoms with Crippen LogP contribution in [0.1, 0.15) is 24.4 Å². The van der Waals surface area contributed by atoms with Crippen molar-refractivity contribution in [1.29, 1.82) is 0 Å². The Kier molecular flexibility index (Phi) is 5.91. The van der Waals surface area contributed by atoms with Crippen LogP contribution in [-0.4, -0.2) is 20.4 Å². The van der Waals surface area contributed by atoms with E-state index in [1.807, 2.05) is 0 Å². The van der Waals surface area contributed by atoms with E-state index in [0.29, 0.717) is 17.1 Å². The molecule has 0 radical (unpaired) electrons. The minimum Gasteiger partial charge on any atom is -0.493 e. The van der Waals surface area contributed by atoms with Gasteiger partial charge in [0.15, 0.2) is 11.5 Å². The number of alkyl halides is 3. The van der Waals surface area contributed by atoms with Gasteiger partial charge in [-0.25, -0.2) is 0 Å². The predicted octanol–water partition coefficient (Wildman–Crippen LogP) is 3.20. The fourth-order valence-corrected chi connectivity index (χ4v) is 2.09. The maximum atomic E-state index is 12.3. The fourth-order valence-electron chi connectivity index (χ4n) is 1.79. The number of benzene rings is 1. The number of hydrogen-bond donors (Lipinski definition) is 2. The first-order valence-corrected chi connectivity index (χ1v) is 6.14. The van der Waals surface area contributed by atoms with Crippen LogP contribution >= 0.6 is 11.6 Å². The topological polar surface area (TPSA) is 56.5 Å². The quantitative estimate of drug-likeness (QED) is 0.625. The molecule has 114 valence electrons. The lowest BCUT2D eigenvalue weighted by Crippen LogP contribution is -2.29. The van der Waals surface area contributed by atoms with Crippen molar-refractivity contribution >= 4 is 11.6 Å². The van der Waals surface area contributed by atoms with Crippen LogP contribution in [-0.2, 0) is 0 Å². The number of methoxy groups -OCH3 is 2. The van der Waals surface area contributed by atoms with Crippen LogP contribution in [0, 0.1) is 0 Å². The summed E-state index contributed by atoms with van der Waals surface area (Å²) in [5.74, 6) is 5.97. The first-order valence-electron chi connectivity index (χ1n) is 5.76. The molecule has 0 aliphatic heterocycles.